The van der Waals surface area contributed by atoms with E-state index in [2.05, 4.69) is 26.2 Å². The highest BCUT2D eigenvalue weighted by Crippen LogP contribution is 2.53. The van der Waals surface area contributed by atoms with Gasteiger partial charge in [0, 0.05) is 21.8 Å². The SMILES string of the molecule is CS(=O)(=O)CCn1nc(C(=O)O/N=C(\N)C2(c3c(Cl)cc(F)cc3Br)CC2)cc1C(F)F. The number of halogens is 5. The summed E-state index contributed by atoms with van der Waals surface area (Å²) in [5, 5.41) is 7.44. The number of sulfone groups is 1. The van der Waals surface area contributed by atoms with Gasteiger partial charge < -0.3 is 10.6 Å². The summed E-state index contributed by atoms with van der Waals surface area (Å²) in [5.74, 6) is -2.26. The molecule has 0 bridgehead atoms. The van der Waals surface area contributed by atoms with Crippen molar-refractivity contribution < 1.29 is 31.2 Å². The lowest BCUT2D eigenvalue weighted by Crippen LogP contribution is -2.30. The number of benzene rings is 1. The Morgan fingerprint density at radius 3 is 2.59 bits per heavy atom. The van der Waals surface area contributed by atoms with Crippen LogP contribution in [0.1, 0.15) is 41.0 Å². The Bertz CT molecular complexity index is 1180. The second-order valence-corrected chi connectivity index (χ2v) is 10.8. The molecule has 1 aliphatic carbocycles. The number of carbonyl (C=O) groups is 1. The summed E-state index contributed by atoms with van der Waals surface area (Å²) in [6.07, 6.45) is -1.02. The van der Waals surface area contributed by atoms with E-state index >= 15 is 0 Å². The maximum atomic E-state index is 13.5. The molecule has 1 saturated carbocycles. The zero-order valence-electron chi connectivity index (χ0n) is 16.5. The number of hydrogen-bond acceptors (Lipinski definition) is 6. The lowest BCUT2D eigenvalue weighted by atomic mass is 9.94. The molecule has 0 saturated heterocycles. The second-order valence-electron chi connectivity index (χ2n) is 7.29. The fraction of sp³-hybridized carbons (Fsp3) is 0.389. The molecule has 2 aromatic rings. The summed E-state index contributed by atoms with van der Waals surface area (Å²) in [6.45, 7) is -0.364. The number of oxime groups is 1. The van der Waals surface area contributed by atoms with Crippen molar-refractivity contribution in [1.29, 1.82) is 0 Å². The van der Waals surface area contributed by atoms with Gasteiger partial charge in [-0.25, -0.2) is 26.4 Å². The number of aryl methyl sites for hydroxylation is 1. The third kappa shape index (κ3) is 5.26. The van der Waals surface area contributed by atoms with E-state index in [1.54, 1.807) is 0 Å². The number of alkyl halides is 2. The third-order valence-electron chi connectivity index (χ3n) is 4.87. The van der Waals surface area contributed by atoms with E-state index in [4.69, 9.17) is 22.2 Å². The summed E-state index contributed by atoms with van der Waals surface area (Å²) in [4.78, 5) is 17.1. The molecular formula is C18H17BrClF3N4O4S. The van der Waals surface area contributed by atoms with Crippen molar-refractivity contribution in [3.05, 3.63) is 50.5 Å². The van der Waals surface area contributed by atoms with Crippen molar-refractivity contribution in [2.24, 2.45) is 10.9 Å². The first-order valence-electron chi connectivity index (χ1n) is 9.08. The topological polar surface area (TPSA) is 117 Å². The van der Waals surface area contributed by atoms with Crippen LogP contribution in [0.2, 0.25) is 5.02 Å². The highest BCUT2D eigenvalue weighted by molar-refractivity contribution is 9.10. The minimum Gasteiger partial charge on any atom is -0.384 e. The summed E-state index contributed by atoms with van der Waals surface area (Å²) in [6, 6.07) is 3.13. The minimum absolute atomic E-state index is 0.106. The van der Waals surface area contributed by atoms with E-state index in [9.17, 15) is 26.4 Å². The molecule has 1 aromatic heterocycles. The number of aromatic nitrogens is 2. The summed E-state index contributed by atoms with van der Waals surface area (Å²) in [7, 11) is -3.44. The number of rotatable bonds is 8. The Balaban J connectivity index is 1.81. The lowest BCUT2D eigenvalue weighted by Gasteiger charge is -2.18. The first-order valence-corrected chi connectivity index (χ1v) is 12.3. The van der Waals surface area contributed by atoms with E-state index in [0.717, 1.165) is 23.1 Å². The lowest BCUT2D eigenvalue weighted by molar-refractivity contribution is 0.0506. The average Bonchev–Trinajstić information content (AvgIpc) is 3.33. The maximum Gasteiger partial charge on any atom is 0.385 e. The van der Waals surface area contributed by atoms with Gasteiger partial charge in [-0.1, -0.05) is 32.7 Å². The van der Waals surface area contributed by atoms with Gasteiger partial charge >= 0.3 is 5.97 Å². The molecule has 14 heteroatoms. The van der Waals surface area contributed by atoms with Crippen LogP contribution in [0.4, 0.5) is 13.2 Å². The van der Waals surface area contributed by atoms with Gasteiger partial charge in [0.2, 0.25) is 0 Å². The monoisotopic (exact) mass is 556 g/mol. The Morgan fingerprint density at radius 1 is 1.41 bits per heavy atom. The fourth-order valence-electron chi connectivity index (χ4n) is 3.12. The van der Waals surface area contributed by atoms with Crippen molar-refractivity contribution in [2.75, 3.05) is 12.0 Å². The molecule has 1 aliphatic rings. The molecule has 3 rings (SSSR count). The van der Waals surface area contributed by atoms with E-state index in [0.29, 0.717) is 22.9 Å². The minimum atomic E-state index is -3.44. The second kappa shape index (κ2) is 9.02. The first kappa shape index (κ1) is 24.5. The number of nitrogens with zero attached hydrogens (tertiary/aromatic N) is 3. The van der Waals surface area contributed by atoms with Crippen molar-refractivity contribution in [3.8, 4) is 0 Å². The van der Waals surface area contributed by atoms with Crippen LogP contribution < -0.4 is 5.73 Å². The summed E-state index contributed by atoms with van der Waals surface area (Å²) in [5.41, 5.74) is 4.50. The molecule has 0 spiro atoms. The van der Waals surface area contributed by atoms with Crippen LogP contribution in [0, 0.1) is 5.82 Å². The van der Waals surface area contributed by atoms with E-state index in [-0.39, 0.29) is 17.4 Å². The van der Waals surface area contributed by atoms with E-state index < -0.39 is 50.6 Å². The Kier molecular flexibility index (Phi) is 6.91. The Hall–Kier alpha value is -2.12. The third-order valence-corrected chi connectivity index (χ3v) is 6.72. The van der Waals surface area contributed by atoms with Crippen molar-refractivity contribution in [3.63, 3.8) is 0 Å². The van der Waals surface area contributed by atoms with Gasteiger partial charge in [0.25, 0.3) is 6.43 Å². The van der Waals surface area contributed by atoms with Crippen LogP contribution in [0.15, 0.2) is 27.8 Å². The van der Waals surface area contributed by atoms with Crippen molar-refractivity contribution in [1.82, 2.24) is 9.78 Å². The summed E-state index contributed by atoms with van der Waals surface area (Å²) < 4.78 is 63.7. The van der Waals surface area contributed by atoms with Crippen LogP contribution in [-0.2, 0) is 26.6 Å². The molecule has 174 valence electrons. The Morgan fingerprint density at radius 2 is 2.06 bits per heavy atom. The largest absolute Gasteiger partial charge is 0.385 e. The number of hydrogen-bond donors (Lipinski definition) is 1. The highest BCUT2D eigenvalue weighted by atomic mass is 79.9. The number of carbonyl (C=O) groups excluding carboxylic acids is 1. The average molecular weight is 558 g/mol. The van der Waals surface area contributed by atoms with Crippen molar-refractivity contribution in [2.45, 2.75) is 31.2 Å². The molecule has 32 heavy (non-hydrogen) atoms. The predicted octanol–water partition coefficient (Wildman–Crippen LogP) is 3.58. The smallest absolute Gasteiger partial charge is 0.384 e. The number of nitrogens with two attached hydrogens (primary N) is 1. The Labute approximate surface area is 194 Å². The zero-order valence-corrected chi connectivity index (χ0v) is 19.6. The van der Waals surface area contributed by atoms with Gasteiger partial charge in [-0.3, -0.25) is 4.68 Å². The molecule has 2 N–H and O–H groups in total. The molecule has 0 radical (unpaired) electrons. The van der Waals surface area contributed by atoms with Gasteiger partial charge in [0.05, 0.1) is 17.7 Å². The molecule has 1 heterocycles. The van der Waals surface area contributed by atoms with Gasteiger partial charge in [0.1, 0.15) is 21.3 Å². The number of amidine groups is 1. The zero-order chi connectivity index (χ0) is 23.8. The highest BCUT2D eigenvalue weighted by Gasteiger charge is 2.51. The van der Waals surface area contributed by atoms with Crippen LogP contribution in [0.25, 0.3) is 0 Å². The molecule has 0 atom stereocenters. The standard InChI is InChI=1S/C18H17BrClF3N4O4S/c1-32(29,30)5-4-27-13(15(22)23)8-12(25-27)16(28)31-26-17(24)18(2-3-18)14-10(19)6-9(21)7-11(14)20/h6-8,15H,2-5H2,1H3,(H2,24,26). The normalized spacial score (nSPS) is 15.8. The van der Waals surface area contributed by atoms with Gasteiger partial charge in [-0.2, -0.15) is 5.10 Å². The summed E-state index contributed by atoms with van der Waals surface area (Å²) >= 11 is 9.40. The van der Waals surface area contributed by atoms with Crippen LogP contribution in [-0.4, -0.2) is 42.0 Å². The first-order chi connectivity index (χ1) is 14.8. The maximum absolute atomic E-state index is 13.5. The molecule has 0 aliphatic heterocycles. The molecule has 0 amide bonds. The van der Waals surface area contributed by atoms with Crippen LogP contribution >= 0.6 is 27.5 Å². The van der Waals surface area contributed by atoms with Gasteiger partial charge in [0.15, 0.2) is 11.5 Å². The van der Waals surface area contributed by atoms with Crippen molar-refractivity contribution >= 4 is 49.2 Å². The predicted molar refractivity (Wildman–Crippen MR) is 114 cm³/mol. The van der Waals surface area contributed by atoms with Gasteiger partial charge in [-0.05, 0) is 30.5 Å². The van der Waals surface area contributed by atoms with E-state index in [1.165, 1.54) is 6.07 Å². The molecule has 8 nitrogen and oxygen atoms in total. The van der Waals surface area contributed by atoms with E-state index in [1.807, 2.05) is 0 Å². The molecule has 1 fully saturated rings. The molecule has 1 aromatic carbocycles. The van der Waals surface area contributed by atoms with Crippen LogP contribution in [0.3, 0.4) is 0 Å². The quantitative estimate of drug-likeness (QED) is 0.230. The van der Waals surface area contributed by atoms with Gasteiger partial charge in [-0.15, -0.1) is 0 Å². The fourth-order valence-corrected chi connectivity index (χ4v) is 4.94. The molecular weight excluding hydrogens is 541 g/mol. The van der Waals surface area contributed by atoms with Crippen LogP contribution in [0.5, 0.6) is 0 Å². The molecule has 0 unspecified atom stereocenters.